The Morgan fingerprint density at radius 2 is 0.862 bits per heavy atom. The van der Waals surface area contributed by atoms with Crippen LogP contribution in [0.25, 0.3) is 0 Å². The van der Waals surface area contributed by atoms with E-state index in [1.54, 1.807) is 0 Å². The van der Waals surface area contributed by atoms with Crippen molar-refractivity contribution in [1.82, 2.24) is 0 Å². The third-order valence-corrected chi connectivity index (χ3v) is 4.94. The molecule has 1 nitrogen and oxygen atoms in total. The first-order chi connectivity index (χ1) is 13.8. The molecule has 4 aromatic rings. The molecule has 4 rings (SSSR count). The van der Waals surface area contributed by atoms with E-state index in [1.807, 2.05) is 12.1 Å². The first-order valence-corrected chi connectivity index (χ1v) is 10.5. The Hall–Kier alpha value is -1.88. The van der Waals surface area contributed by atoms with Crippen LogP contribution < -0.4 is 5.73 Å². The second-order valence-electron chi connectivity index (χ2n) is 6.47. The van der Waals surface area contributed by atoms with Gasteiger partial charge in [0, 0.05) is 5.69 Å². The Labute approximate surface area is 199 Å². The van der Waals surface area contributed by atoms with Crippen LogP contribution in [0.3, 0.4) is 0 Å². The van der Waals surface area contributed by atoms with Gasteiger partial charge >= 0.3 is 22.4 Å². The summed E-state index contributed by atoms with van der Waals surface area (Å²) < 4.78 is 0. The third kappa shape index (κ3) is 4.83. The number of hydrogen-bond donors (Lipinski definition) is 2. The van der Waals surface area contributed by atoms with Crippen molar-refractivity contribution in [1.29, 1.82) is 0 Å². The molecule has 150 valence electrons. The molecular formula is C25H22AgNS2. The summed E-state index contributed by atoms with van der Waals surface area (Å²) in [5.41, 5.74) is 11.4. The predicted octanol–water partition coefficient (Wildman–Crippen LogP) is 6.03. The average Bonchev–Trinajstić information content (AvgIpc) is 2.78. The number of nitrogens with two attached hydrogens (primary N) is 1. The van der Waals surface area contributed by atoms with E-state index in [4.69, 9.17) is 5.73 Å². The van der Waals surface area contributed by atoms with E-state index in [2.05, 4.69) is 126 Å². The third-order valence-electron chi connectivity index (χ3n) is 4.94. The van der Waals surface area contributed by atoms with Gasteiger partial charge in [0.1, 0.15) is 0 Å². The molecule has 0 spiro atoms. The van der Waals surface area contributed by atoms with Gasteiger partial charge < -0.3 is 29.1 Å². The molecule has 4 aromatic carbocycles. The minimum absolute atomic E-state index is 0. The van der Waals surface area contributed by atoms with Gasteiger partial charge in [-0.2, -0.15) is 0 Å². The number of nitrogen functional groups attached to an aromatic ring is 1. The SMILES string of the molecule is Nc1cccc(C(c2ccccc2)(c2ccccc2)c2ccccc2)c1.[Ag+].[S-]S. The molecule has 0 saturated heterocycles. The molecule has 29 heavy (non-hydrogen) atoms. The minimum atomic E-state index is -0.418. The monoisotopic (exact) mass is 507 g/mol. The largest absolute Gasteiger partial charge is 1.00 e. The van der Waals surface area contributed by atoms with Gasteiger partial charge in [0.25, 0.3) is 0 Å². The predicted molar refractivity (Wildman–Crippen MR) is 126 cm³/mol. The molecule has 2 N–H and O–H groups in total. The fourth-order valence-corrected chi connectivity index (χ4v) is 3.84. The van der Waals surface area contributed by atoms with Crippen molar-refractivity contribution in [2.75, 3.05) is 5.73 Å². The van der Waals surface area contributed by atoms with E-state index in [0.29, 0.717) is 0 Å². The topological polar surface area (TPSA) is 26.0 Å². The standard InChI is InChI=1S/C25H21N.Ag.H2S2/c26-24-18-10-17-23(19-24)25(20-11-4-1-5-12-20,21-13-6-2-7-14-21)22-15-8-3-9-16-22;;1-2/h1-19H,26H2;;1-2H/q;+1;/p-1. The smallest absolute Gasteiger partial charge is 0.723 e. The van der Waals surface area contributed by atoms with Crippen molar-refractivity contribution in [3.63, 3.8) is 0 Å². The average molecular weight is 508 g/mol. The Balaban J connectivity index is 0.000000970. The van der Waals surface area contributed by atoms with Crippen LogP contribution in [0.5, 0.6) is 0 Å². The summed E-state index contributed by atoms with van der Waals surface area (Å²) in [6, 6.07) is 40.2. The Kier molecular flexibility index (Phi) is 9.15. The van der Waals surface area contributed by atoms with Crippen molar-refractivity contribution >= 4 is 29.0 Å². The van der Waals surface area contributed by atoms with E-state index in [0.717, 1.165) is 5.69 Å². The van der Waals surface area contributed by atoms with Gasteiger partial charge in [0.2, 0.25) is 0 Å². The van der Waals surface area contributed by atoms with Gasteiger partial charge in [-0.1, -0.05) is 103 Å². The van der Waals surface area contributed by atoms with Crippen LogP contribution in [0, 0.1) is 0 Å². The van der Waals surface area contributed by atoms with Crippen molar-refractivity contribution < 1.29 is 22.4 Å². The fourth-order valence-electron chi connectivity index (χ4n) is 3.84. The number of benzene rings is 4. The number of anilines is 1. The quantitative estimate of drug-likeness (QED) is 0.0880. The van der Waals surface area contributed by atoms with E-state index in [9.17, 15) is 0 Å². The zero-order valence-electron chi connectivity index (χ0n) is 15.7. The molecule has 0 unspecified atom stereocenters. The molecule has 0 bridgehead atoms. The maximum atomic E-state index is 6.19. The maximum absolute atomic E-state index is 6.19. The molecule has 0 fully saturated rings. The molecule has 4 heteroatoms. The molecule has 0 aliphatic rings. The van der Waals surface area contributed by atoms with Crippen LogP contribution in [0.4, 0.5) is 5.69 Å². The van der Waals surface area contributed by atoms with Crippen LogP contribution in [0.2, 0.25) is 0 Å². The van der Waals surface area contributed by atoms with Crippen LogP contribution in [-0.2, 0) is 39.5 Å². The van der Waals surface area contributed by atoms with Crippen molar-refractivity contribution in [3.8, 4) is 0 Å². The van der Waals surface area contributed by atoms with Gasteiger partial charge in [-0.25, -0.2) is 0 Å². The number of rotatable bonds is 4. The van der Waals surface area contributed by atoms with Gasteiger partial charge in [-0.15, -0.1) is 0 Å². The second-order valence-corrected chi connectivity index (χ2v) is 6.47. The van der Waals surface area contributed by atoms with Crippen molar-refractivity contribution in [3.05, 3.63) is 138 Å². The molecule has 0 aliphatic heterocycles. The summed E-state index contributed by atoms with van der Waals surface area (Å²) in [4.78, 5) is 0. The molecular weight excluding hydrogens is 486 g/mol. The molecule has 0 aromatic heterocycles. The number of hydrogen-bond acceptors (Lipinski definition) is 3. The Bertz CT molecular complexity index is 896. The summed E-state index contributed by atoms with van der Waals surface area (Å²) in [7, 11) is 0. The summed E-state index contributed by atoms with van der Waals surface area (Å²) in [5.74, 6) is 0. The van der Waals surface area contributed by atoms with Crippen molar-refractivity contribution in [2.45, 2.75) is 5.41 Å². The van der Waals surface area contributed by atoms with E-state index in [1.165, 1.54) is 22.3 Å². The first-order valence-electron chi connectivity index (χ1n) is 9.02. The van der Waals surface area contributed by atoms with Gasteiger partial charge in [-0.3, -0.25) is 0 Å². The summed E-state index contributed by atoms with van der Waals surface area (Å²) >= 11 is 6.89. The van der Waals surface area contributed by atoms with Crippen LogP contribution >= 0.6 is 11.7 Å². The minimum Gasteiger partial charge on any atom is -0.723 e. The van der Waals surface area contributed by atoms with E-state index >= 15 is 0 Å². The second kappa shape index (κ2) is 11.3. The zero-order valence-corrected chi connectivity index (χ0v) is 18.9. The Morgan fingerprint density at radius 3 is 1.21 bits per heavy atom. The van der Waals surface area contributed by atoms with Crippen molar-refractivity contribution in [2.24, 2.45) is 0 Å². The summed E-state index contributed by atoms with van der Waals surface area (Å²) in [6.45, 7) is 0. The van der Waals surface area contributed by atoms with Crippen LogP contribution in [0.1, 0.15) is 22.3 Å². The molecule has 0 amide bonds. The van der Waals surface area contributed by atoms with E-state index < -0.39 is 5.41 Å². The number of thiol groups is 1. The van der Waals surface area contributed by atoms with E-state index in [-0.39, 0.29) is 22.4 Å². The summed E-state index contributed by atoms with van der Waals surface area (Å²) in [6.07, 6.45) is 0. The zero-order chi connectivity index (χ0) is 19.8. The van der Waals surface area contributed by atoms with Crippen LogP contribution in [-0.4, -0.2) is 0 Å². The molecule has 0 saturated carbocycles. The maximum Gasteiger partial charge on any atom is 1.00 e. The normalized spacial score (nSPS) is 10.3. The molecule has 0 aliphatic carbocycles. The summed E-state index contributed by atoms with van der Waals surface area (Å²) in [5, 5.41) is 0. The molecule has 0 atom stereocenters. The molecule has 0 radical (unpaired) electrons. The van der Waals surface area contributed by atoms with Crippen LogP contribution in [0.15, 0.2) is 115 Å². The molecule has 0 heterocycles. The fraction of sp³-hybridized carbons (Fsp3) is 0.0400. The Morgan fingerprint density at radius 1 is 0.517 bits per heavy atom. The van der Waals surface area contributed by atoms with Gasteiger partial charge in [0.15, 0.2) is 0 Å². The van der Waals surface area contributed by atoms with Gasteiger partial charge in [0.05, 0.1) is 5.41 Å². The van der Waals surface area contributed by atoms with Gasteiger partial charge in [-0.05, 0) is 34.4 Å². The first kappa shape index (κ1) is 23.4.